The minimum absolute atomic E-state index is 0.00946. The van der Waals surface area contributed by atoms with Gasteiger partial charge in [0.15, 0.2) is 0 Å². The van der Waals surface area contributed by atoms with Crippen LogP contribution in [0.5, 0.6) is 0 Å². The van der Waals surface area contributed by atoms with Gasteiger partial charge >= 0.3 is 6.18 Å². The fourth-order valence-corrected chi connectivity index (χ4v) is 5.03. The van der Waals surface area contributed by atoms with Crippen molar-refractivity contribution in [3.63, 3.8) is 0 Å². The van der Waals surface area contributed by atoms with Gasteiger partial charge in [-0.2, -0.15) is 13.2 Å². The highest BCUT2D eigenvalue weighted by Crippen LogP contribution is 2.44. The molecular weight excluding hydrogens is 399 g/mol. The molecule has 0 bridgehead atoms. The first-order valence-corrected chi connectivity index (χ1v) is 10.2. The second kappa shape index (κ2) is 7.28. The standard InChI is InChI=1S/C21H24F3N3O3/c1-20-11-10-18(29)27(20)16-9-5-2-6-13(16)19(30)26(20)12-17(28)25-15-8-4-3-7-14(15)21(22,23)24/h2,5-6,9,14-15H,3-4,7-8,10-12H2,1H3,(H,25,28). The van der Waals surface area contributed by atoms with Crippen LogP contribution in [0.15, 0.2) is 24.3 Å². The molecule has 2 heterocycles. The van der Waals surface area contributed by atoms with Crippen LogP contribution in [-0.2, 0) is 9.59 Å². The number of carbonyl (C=O) groups excluding carboxylic acids is 3. The van der Waals surface area contributed by atoms with Gasteiger partial charge in [0.2, 0.25) is 11.8 Å². The summed E-state index contributed by atoms with van der Waals surface area (Å²) in [6.07, 6.45) is -2.44. The molecule has 9 heteroatoms. The number of para-hydroxylation sites is 1. The lowest BCUT2D eigenvalue weighted by Gasteiger charge is -2.48. The van der Waals surface area contributed by atoms with Crippen LogP contribution in [-0.4, -0.2) is 47.0 Å². The predicted molar refractivity (Wildman–Crippen MR) is 103 cm³/mol. The zero-order chi connectivity index (χ0) is 21.7. The first kappa shape index (κ1) is 20.7. The maximum absolute atomic E-state index is 13.3. The summed E-state index contributed by atoms with van der Waals surface area (Å²) in [5, 5.41) is 2.52. The van der Waals surface area contributed by atoms with E-state index in [0.717, 1.165) is 0 Å². The molecule has 0 aromatic heterocycles. The Balaban J connectivity index is 1.57. The van der Waals surface area contributed by atoms with E-state index in [4.69, 9.17) is 0 Å². The molecule has 0 radical (unpaired) electrons. The number of benzene rings is 1. The van der Waals surface area contributed by atoms with Gasteiger partial charge in [-0.25, -0.2) is 0 Å². The monoisotopic (exact) mass is 423 g/mol. The highest BCUT2D eigenvalue weighted by atomic mass is 19.4. The number of fused-ring (bicyclic) bond motifs is 3. The Morgan fingerprint density at radius 2 is 1.90 bits per heavy atom. The topological polar surface area (TPSA) is 69.7 Å². The quantitative estimate of drug-likeness (QED) is 0.812. The van der Waals surface area contributed by atoms with Crippen molar-refractivity contribution in [2.45, 2.75) is 63.3 Å². The lowest BCUT2D eigenvalue weighted by atomic mass is 9.84. The Kier molecular flexibility index (Phi) is 5.02. The van der Waals surface area contributed by atoms with Gasteiger partial charge in [0.25, 0.3) is 5.91 Å². The maximum Gasteiger partial charge on any atom is 0.393 e. The number of halogens is 3. The van der Waals surface area contributed by atoms with Crippen LogP contribution in [0.25, 0.3) is 0 Å². The van der Waals surface area contributed by atoms with Crippen molar-refractivity contribution in [2.24, 2.45) is 5.92 Å². The molecule has 0 spiro atoms. The van der Waals surface area contributed by atoms with E-state index in [9.17, 15) is 27.6 Å². The lowest BCUT2D eigenvalue weighted by molar-refractivity contribution is -0.189. The van der Waals surface area contributed by atoms with E-state index in [1.54, 1.807) is 31.2 Å². The van der Waals surface area contributed by atoms with Gasteiger partial charge in [0.1, 0.15) is 12.2 Å². The number of carbonyl (C=O) groups is 3. The van der Waals surface area contributed by atoms with Gasteiger partial charge < -0.3 is 10.2 Å². The third-order valence-electron chi connectivity index (χ3n) is 6.58. The van der Waals surface area contributed by atoms with E-state index in [0.29, 0.717) is 30.5 Å². The molecule has 1 aliphatic carbocycles. The molecule has 6 nitrogen and oxygen atoms in total. The zero-order valence-corrected chi connectivity index (χ0v) is 16.7. The van der Waals surface area contributed by atoms with Crippen molar-refractivity contribution in [3.05, 3.63) is 29.8 Å². The van der Waals surface area contributed by atoms with Gasteiger partial charge in [-0.3, -0.25) is 19.3 Å². The zero-order valence-electron chi connectivity index (χ0n) is 16.7. The van der Waals surface area contributed by atoms with Crippen LogP contribution in [0, 0.1) is 5.92 Å². The summed E-state index contributed by atoms with van der Waals surface area (Å²) in [5.41, 5.74) is -0.201. The Labute approximate surface area is 172 Å². The molecule has 1 saturated heterocycles. The molecule has 162 valence electrons. The second-order valence-corrected chi connectivity index (χ2v) is 8.46. The van der Waals surface area contributed by atoms with E-state index in [2.05, 4.69) is 5.32 Å². The van der Waals surface area contributed by atoms with E-state index in [1.807, 2.05) is 0 Å². The highest BCUT2D eigenvalue weighted by molar-refractivity contribution is 6.11. The number of hydrogen-bond donors (Lipinski definition) is 1. The van der Waals surface area contributed by atoms with Crippen molar-refractivity contribution >= 4 is 23.4 Å². The lowest BCUT2D eigenvalue weighted by Crippen LogP contribution is -2.64. The number of nitrogens with zero attached hydrogens (tertiary/aromatic N) is 2. The number of nitrogens with one attached hydrogen (secondary N) is 1. The Hall–Kier alpha value is -2.58. The van der Waals surface area contributed by atoms with Crippen LogP contribution in [0.4, 0.5) is 18.9 Å². The van der Waals surface area contributed by atoms with Crippen LogP contribution in [0.3, 0.4) is 0 Å². The van der Waals surface area contributed by atoms with E-state index in [-0.39, 0.29) is 25.2 Å². The smallest absolute Gasteiger partial charge is 0.351 e. The van der Waals surface area contributed by atoms with Crippen LogP contribution >= 0.6 is 0 Å². The number of hydrogen-bond acceptors (Lipinski definition) is 3. The Morgan fingerprint density at radius 1 is 1.20 bits per heavy atom. The van der Waals surface area contributed by atoms with Crippen LogP contribution < -0.4 is 10.2 Å². The third-order valence-corrected chi connectivity index (χ3v) is 6.58. The van der Waals surface area contributed by atoms with E-state index in [1.165, 1.54) is 9.80 Å². The second-order valence-electron chi connectivity index (χ2n) is 8.46. The molecule has 4 rings (SSSR count). The predicted octanol–water partition coefficient (Wildman–Crippen LogP) is 3.22. The van der Waals surface area contributed by atoms with E-state index >= 15 is 0 Å². The van der Waals surface area contributed by atoms with Crippen molar-refractivity contribution in [1.82, 2.24) is 10.2 Å². The first-order valence-electron chi connectivity index (χ1n) is 10.2. The molecule has 1 aromatic rings. The summed E-state index contributed by atoms with van der Waals surface area (Å²) in [5.74, 6) is -2.75. The first-order chi connectivity index (χ1) is 14.1. The highest BCUT2D eigenvalue weighted by Gasteiger charge is 2.53. The molecule has 2 aliphatic heterocycles. The fraction of sp³-hybridized carbons (Fsp3) is 0.571. The Bertz CT molecular complexity index is 888. The molecule has 30 heavy (non-hydrogen) atoms. The Morgan fingerprint density at radius 3 is 2.63 bits per heavy atom. The van der Waals surface area contributed by atoms with Crippen molar-refractivity contribution < 1.29 is 27.6 Å². The average molecular weight is 423 g/mol. The van der Waals surface area contributed by atoms with Gasteiger partial charge in [-0.1, -0.05) is 25.0 Å². The number of rotatable bonds is 3. The summed E-state index contributed by atoms with van der Waals surface area (Å²) in [4.78, 5) is 41.3. The van der Waals surface area contributed by atoms with Crippen molar-refractivity contribution in [2.75, 3.05) is 11.4 Å². The minimum Gasteiger partial charge on any atom is -0.351 e. The van der Waals surface area contributed by atoms with Crippen molar-refractivity contribution in [1.29, 1.82) is 0 Å². The number of anilines is 1. The fourth-order valence-electron chi connectivity index (χ4n) is 5.03. The molecular formula is C21H24F3N3O3. The summed E-state index contributed by atoms with van der Waals surface area (Å²) in [6.45, 7) is 1.33. The van der Waals surface area contributed by atoms with Crippen molar-refractivity contribution in [3.8, 4) is 0 Å². The third kappa shape index (κ3) is 3.33. The van der Waals surface area contributed by atoms with Gasteiger partial charge in [-0.15, -0.1) is 0 Å². The molecule has 1 N–H and O–H groups in total. The molecule has 1 aromatic carbocycles. The average Bonchev–Trinajstić information content (AvgIpc) is 3.00. The molecule has 3 amide bonds. The maximum atomic E-state index is 13.3. The molecule has 3 atom stereocenters. The normalized spacial score (nSPS) is 28.9. The summed E-state index contributed by atoms with van der Waals surface area (Å²) in [7, 11) is 0. The van der Waals surface area contributed by atoms with Gasteiger partial charge in [0.05, 0.1) is 17.2 Å². The molecule has 1 saturated carbocycles. The number of alkyl halides is 3. The summed E-state index contributed by atoms with van der Waals surface area (Å²) >= 11 is 0. The summed E-state index contributed by atoms with van der Waals surface area (Å²) in [6, 6.07) is 5.71. The molecule has 3 aliphatic rings. The minimum atomic E-state index is -4.38. The van der Waals surface area contributed by atoms with Crippen LogP contribution in [0.1, 0.15) is 55.8 Å². The van der Waals surface area contributed by atoms with Crippen LogP contribution in [0.2, 0.25) is 0 Å². The van der Waals surface area contributed by atoms with Gasteiger partial charge in [0, 0.05) is 12.5 Å². The largest absolute Gasteiger partial charge is 0.393 e. The molecule has 3 unspecified atom stereocenters. The SMILES string of the molecule is CC12CCC(=O)N1c1ccccc1C(=O)N2CC(=O)NC1CCCCC1C(F)(F)F. The van der Waals surface area contributed by atoms with Gasteiger partial charge in [-0.05, 0) is 38.3 Å². The van der Waals surface area contributed by atoms with E-state index < -0.39 is 42.2 Å². The molecule has 2 fully saturated rings. The number of amides is 3. The summed E-state index contributed by atoms with van der Waals surface area (Å²) < 4.78 is 40.0.